The summed E-state index contributed by atoms with van der Waals surface area (Å²) in [4.78, 5) is 20.1. The quantitative estimate of drug-likeness (QED) is 0.444. The van der Waals surface area contributed by atoms with Crippen molar-refractivity contribution < 1.29 is 13.6 Å². The molecule has 6 nitrogen and oxygen atoms in total. The number of halogens is 1. The highest BCUT2D eigenvalue weighted by Crippen LogP contribution is 2.32. The Balaban J connectivity index is 1.23. The second kappa shape index (κ2) is 8.14. The molecule has 4 aromatic rings. The fourth-order valence-corrected chi connectivity index (χ4v) is 5.11. The van der Waals surface area contributed by atoms with E-state index in [2.05, 4.69) is 4.98 Å². The van der Waals surface area contributed by atoms with E-state index in [9.17, 15) is 9.18 Å². The molecular formula is C26H25FN4O2. The number of likely N-dealkylation sites (tertiary alicyclic amines) is 1. The van der Waals surface area contributed by atoms with Gasteiger partial charge in [0.05, 0.1) is 5.69 Å². The molecule has 2 aliphatic rings. The van der Waals surface area contributed by atoms with Gasteiger partial charge >= 0.3 is 0 Å². The number of aromatic nitrogens is 3. The second-order valence-electron chi connectivity index (χ2n) is 8.96. The molecule has 6 rings (SSSR count). The summed E-state index contributed by atoms with van der Waals surface area (Å²) in [7, 11) is 0. The first-order chi connectivity index (χ1) is 16.2. The van der Waals surface area contributed by atoms with E-state index in [0.29, 0.717) is 18.8 Å². The van der Waals surface area contributed by atoms with Crippen LogP contribution in [0.2, 0.25) is 0 Å². The molecule has 2 aromatic carbocycles. The number of piperidine rings is 1. The number of carbonyl (C=O) groups is 1. The number of para-hydroxylation sites is 2. The molecule has 168 valence electrons. The first-order valence-electron chi connectivity index (χ1n) is 11.7. The molecule has 1 aliphatic heterocycles. The third kappa shape index (κ3) is 3.61. The average Bonchev–Trinajstić information content (AvgIpc) is 3.46. The van der Waals surface area contributed by atoms with Gasteiger partial charge in [0.15, 0.2) is 17.2 Å². The summed E-state index contributed by atoms with van der Waals surface area (Å²) in [5.41, 5.74) is 5.17. The van der Waals surface area contributed by atoms with Gasteiger partial charge in [-0.15, -0.1) is 0 Å². The molecule has 0 spiro atoms. The zero-order chi connectivity index (χ0) is 22.4. The van der Waals surface area contributed by atoms with E-state index in [1.165, 1.54) is 12.1 Å². The van der Waals surface area contributed by atoms with Gasteiger partial charge in [0.2, 0.25) is 0 Å². The van der Waals surface area contributed by atoms with Crippen LogP contribution in [0.3, 0.4) is 0 Å². The highest BCUT2D eigenvalue weighted by Gasteiger charge is 2.32. The minimum absolute atomic E-state index is 0.00923. The summed E-state index contributed by atoms with van der Waals surface area (Å²) in [5, 5.41) is 4.75. The maximum absolute atomic E-state index is 13.5. The normalized spacial score (nSPS) is 16.8. The lowest BCUT2D eigenvalue weighted by Crippen LogP contribution is -2.38. The van der Waals surface area contributed by atoms with Crippen molar-refractivity contribution in [1.29, 1.82) is 0 Å². The Bertz CT molecular complexity index is 1280. The van der Waals surface area contributed by atoms with Crippen molar-refractivity contribution >= 4 is 17.0 Å². The fraction of sp³-hybridized carbons (Fsp3) is 0.346. The second-order valence-corrected chi connectivity index (χ2v) is 8.96. The summed E-state index contributed by atoms with van der Waals surface area (Å²) in [6.07, 6.45) is 5.51. The van der Waals surface area contributed by atoms with Gasteiger partial charge in [-0.3, -0.25) is 4.79 Å². The summed E-state index contributed by atoms with van der Waals surface area (Å²) in [5.74, 6) is 0.691. The molecule has 0 bridgehead atoms. The van der Waals surface area contributed by atoms with Gasteiger partial charge in [0.25, 0.3) is 5.91 Å². The van der Waals surface area contributed by atoms with Gasteiger partial charge in [0.1, 0.15) is 11.3 Å². The van der Waals surface area contributed by atoms with Crippen LogP contribution < -0.4 is 0 Å². The van der Waals surface area contributed by atoms with Gasteiger partial charge in [-0.25, -0.2) is 14.1 Å². The van der Waals surface area contributed by atoms with Crippen molar-refractivity contribution in [2.75, 3.05) is 13.1 Å². The lowest BCUT2D eigenvalue weighted by Gasteiger charge is -2.30. The third-order valence-electron chi connectivity index (χ3n) is 6.90. The topological polar surface area (TPSA) is 64.2 Å². The molecule has 1 saturated heterocycles. The maximum atomic E-state index is 13.5. The van der Waals surface area contributed by atoms with E-state index >= 15 is 0 Å². The van der Waals surface area contributed by atoms with Crippen LogP contribution in [0.15, 0.2) is 52.9 Å². The summed E-state index contributed by atoms with van der Waals surface area (Å²) in [6, 6.07) is 14.1. The smallest absolute Gasteiger partial charge is 0.274 e. The first-order valence-corrected chi connectivity index (χ1v) is 11.7. The van der Waals surface area contributed by atoms with Gasteiger partial charge in [-0.1, -0.05) is 12.1 Å². The Kier molecular flexibility index (Phi) is 4.97. The Morgan fingerprint density at radius 2 is 1.76 bits per heavy atom. The number of fused-ring (bicyclic) bond motifs is 2. The highest BCUT2D eigenvalue weighted by atomic mass is 19.1. The number of nitrogens with zero attached hydrogens (tertiary/aromatic N) is 4. The molecule has 3 heterocycles. The zero-order valence-electron chi connectivity index (χ0n) is 18.3. The van der Waals surface area contributed by atoms with Gasteiger partial charge in [-0.05, 0) is 74.9 Å². The van der Waals surface area contributed by atoms with Crippen LogP contribution in [0.5, 0.6) is 0 Å². The number of hydrogen-bond acceptors (Lipinski definition) is 4. The minimum Gasteiger partial charge on any atom is -0.440 e. The monoisotopic (exact) mass is 444 g/mol. The Labute approximate surface area is 191 Å². The van der Waals surface area contributed by atoms with Crippen molar-refractivity contribution in [2.24, 2.45) is 0 Å². The zero-order valence-corrected chi connectivity index (χ0v) is 18.3. The fourth-order valence-electron chi connectivity index (χ4n) is 5.11. The largest absolute Gasteiger partial charge is 0.440 e. The van der Waals surface area contributed by atoms with Crippen LogP contribution >= 0.6 is 0 Å². The lowest BCUT2D eigenvalue weighted by atomic mass is 9.94. The Hall–Kier alpha value is -3.48. The van der Waals surface area contributed by atoms with Gasteiger partial charge in [0, 0.05) is 30.3 Å². The minimum atomic E-state index is -0.280. The van der Waals surface area contributed by atoms with E-state index in [-0.39, 0.29) is 17.6 Å². The number of rotatable bonds is 3. The maximum Gasteiger partial charge on any atom is 0.274 e. The third-order valence-corrected chi connectivity index (χ3v) is 6.90. The average molecular weight is 445 g/mol. The van der Waals surface area contributed by atoms with Crippen LogP contribution in [-0.4, -0.2) is 38.7 Å². The molecule has 0 radical (unpaired) electrons. The molecule has 0 unspecified atom stereocenters. The van der Waals surface area contributed by atoms with Crippen molar-refractivity contribution in [2.45, 2.75) is 44.4 Å². The highest BCUT2D eigenvalue weighted by molar-refractivity contribution is 5.94. The van der Waals surface area contributed by atoms with E-state index in [0.717, 1.165) is 72.5 Å². The molecule has 7 heteroatoms. The van der Waals surface area contributed by atoms with E-state index < -0.39 is 0 Å². The molecule has 33 heavy (non-hydrogen) atoms. The predicted molar refractivity (Wildman–Crippen MR) is 122 cm³/mol. The SMILES string of the molecule is O=C(c1nn(-c2ccc(F)cc2)c2c1CCCC2)N1CCC(c2nc3ccccc3o2)CC1. The van der Waals surface area contributed by atoms with E-state index in [1.807, 2.05) is 33.8 Å². The standard InChI is InChI=1S/C26H25FN4O2/c27-18-9-11-19(12-10-18)31-22-7-3-1-5-20(22)24(29-31)26(32)30-15-13-17(14-16-30)25-28-21-6-2-4-8-23(21)33-25/h2,4,6,8-12,17H,1,3,5,7,13-16H2. The van der Waals surface area contributed by atoms with Crippen molar-refractivity contribution in [3.63, 3.8) is 0 Å². The summed E-state index contributed by atoms with van der Waals surface area (Å²) < 4.78 is 21.2. The van der Waals surface area contributed by atoms with Crippen LogP contribution in [0.1, 0.15) is 59.2 Å². The van der Waals surface area contributed by atoms with Crippen molar-refractivity contribution in [1.82, 2.24) is 19.7 Å². The van der Waals surface area contributed by atoms with Crippen LogP contribution in [-0.2, 0) is 12.8 Å². The van der Waals surface area contributed by atoms with Crippen molar-refractivity contribution in [3.05, 3.63) is 77.2 Å². The lowest BCUT2D eigenvalue weighted by molar-refractivity contribution is 0.0699. The molecule has 0 atom stereocenters. The van der Waals surface area contributed by atoms with Crippen molar-refractivity contribution in [3.8, 4) is 5.69 Å². The molecule has 1 fully saturated rings. The molecule has 1 aliphatic carbocycles. The Morgan fingerprint density at radius 3 is 2.55 bits per heavy atom. The van der Waals surface area contributed by atoms with Crippen LogP contribution in [0.25, 0.3) is 16.8 Å². The molecule has 0 N–H and O–H groups in total. The number of benzene rings is 2. The van der Waals surface area contributed by atoms with E-state index in [4.69, 9.17) is 9.52 Å². The number of carbonyl (C=O) groups excluding carboxylic acids is 1. The van der Waals surface area contributed by atoms with Gasteiger partial charge < -0.3 is 9.32 Å². The molecule has 0 saturated carbocycles. The number of amides is 1. The summed E-state index contributed by atoms with van der Waals surface area (Å²) in [6.45, 7) is 1.31. The molecular weight excluding hydrogens is 419 g/mol. The van der Waals surface area contributed by atoms with Gasteiger partial charge in [-0.2, -0.15) is 5.10 Å². The number of oxazole rings is 1. The summed E-state index contributed by atoms with van der Waals surface area (Å²) >= 11 is 0. The molecule has 1 amide bonds. The Morgan fingerprint density at radius 1 is 1.00 bits per heavy atom. The predicted octanol–water partition coefficient (Wildman–Crippen LogP) is 5.05. The first kappa shape index (κ1) is 20.1. The van der Waals surface area contributed by atoms with Crippen LogP contribution in [0.4, 0.5) is 4.39 Å². The number of hydrogen-bond donors (Lipinski definition) is 0. The van der Waals surface area contributed by atoms with Crippen LogP contribution in [0, 0.1) is 5.82 Å². The molecule has 2 aromatic heterocycles. The van der Waals surface area contributed by atoms with E-state index in [1.54, 1.807) is 12.1 Å².